The maximum atomic E-state index is 13.3. The maximum absolute atomic E-state index is 13.3. The van der Waals surface area contributed by atoms with E-state index in [9.17, 15) is 9.50 Å². The van der Waals surface area contributed by atoms with Crippen molar-refractivity contribution in [3.05, 3.63) is 76.9 Å². The van der Waals surface area contributed by atoms with Crippen LogP contribution in [-0.2, 0) is 12.1 Å². The minimum absolute atomic E-state index is 0.220. The van der Waals surface area contributed by atoms with E-state index in [1.54, 1.807) is 12.1 Å². The van der Waals surface area contributed by atoms with Crippen LogP contribution in [0.5, 0.6) is 5.75 Å². The zero-order valence-corrected chi connectivity index (χ0v) is 17.0. The van der Waals surface area contributed by atoms with Gasteiger partial charge in [0.15, 0.2) is 0 Å². The molecule has 0 aliphatic carbocycles. The molecule has 2 N–H and O–H groups in total. The van der Waals surface area contributed by atoms with E-state index in [4.69, 9.17) is 9.15 Å². The SMILES string of the molecule is CCC(O)(CC)c1nnc(NCc2ccc3c(c2)OCC=C3c2ccc(F)cc2)o1. The van der Waals surface area contributed by atoms with Crippen LogP contribution in [0.3, 0.4) is 0 Å². The van der Waals surface area contributed by atoms with Crippen molar-refractivity contribution >= 4 is 11.6 Å². The summed E-state index contributed by atoms with van der Waals surface area (Å²) in [6.45, 7) is 4.67. The molecule has 2 heterocycles. The van der Waals surface area contributed by atoms with E-state index in [2.05, 4.69) is 15.5 Å². The van der Waals surface area contributed by atoms with Gasteiger partial charge in [0.2, 0.25) is 5.89 Å². The van der Waals surface area contributed by atoms with E-state index in [0.717, 1.165) is 28.0 Å². The fourth-order valence-corrected chi connectivity index (χ4v) is 3.46. The van der Waals surface area contributed by atoms with Crippen LogP contribution in [0.1, 0.15) is 49.3 Å². The molecule has 0 radical (unpaired) electrons. The molecule has 1 aromatic heterocycles. The Bertz CT molecular complexity index is 1060. The number of ether oxygens (including phenoxy) is 1. The van der Waals surface area contributed by atoms with Crippen molar-refractivity contribution in [2.75, 3.05) is 11.9 Å². The monoisotopic (exact) mass is 409 g/mol. The van der Waals surface area contributed by atoms with Crippen LogP contribution in [0, 0.1) is 5.82 Å². The van der Waals surface area contributed by atoms with Crippen molar-refractivity contribution < 1.29 is 18.7 Å². The second kappa shape index (κ2) is 8.28. The highest BCUT2D eigenvalue weighted by Crippen LogP contribution is 2.35. The summed E-state index contributed by atoms with van der Waals surface area (Å²) < 4.78 is 24.7. The van der Waals surface area contributed by atoms with Crippen molar-refractivity contribution in [3.63, 3.8) is 0 Å². The Balaban J connectivity index is 1.48. The van der Waals surface area contributed by atoms with E-state index in [1.807, 2.05) is 38.1 Å². The number of nitrogens with zero attached hydrogens (tertiary/aromatic N) is 2. The van der Waals surface area contributed by atoms with Gasteiger partial charge in [-0.15, -0.1) is 5.10 Å². The normalized spacial score (nSPS) is 13.4. The van der Waals surface area contributed by atoms with E-state index < -0.39 is 5.60 Å². The van der Waals surface area contributed by atoms with Gasteiger partial charge in [-0.3, -0.25) is 0 Å². The Kier molecular flexibility index (Phi) is 5.55. The third kappa shape index (κ3) is 3.93. The molecule has 2 aromatic carbocycles. The molecule has 0 saturated heterocycles. The minimum atomic E-state index is -1.10. The van der Waals surface area contributed by atoms with Crippen LogP contribution < -0.4 is 10.1 Å². The van der Waals surface area contributed by atoms with Crippen molar-refractivity contribution in [1.29, 1.82) is 0 Å². The van der Waals surface area contributed by atoms with Crippen LogP contribution in [0.2, 0.25) is 0 Å². The lowest BCUT2D eigenvalue weighted by Crippen LogP contribution is -2.23. The summed E-state index contributed by atoms with van der Waals surface area (Å²) in [5, 5.41) is 21.5. The van der Waals surface area contributed by atoms with Gasteiger partial charge in [0.1, 0.15) is 23.8 Å². The number of benzene rings is 2. The molecule has 7 heteroatoms. The van der Waals surface area contributed by atoms with Crippen molar-refractivity contribution in [1.82, 2.24) is 10.2 Å². The summed E-state index contributed by atoms with van der Waals surface area (Å²) in [5.41, 5.74) is 2.82. The van der Waals surface area contributed by atoms with Gasteiger partial charge in [-0.25, -0.2) is 4.39 Å². The standard InChI is InChI=1S/C23H24FN3O3/c1-3-23(28,4-2)21-26-27-22(30-21)25-14-15-5-10-19-18(11-12-29-20(19)13-15)16-6-8-17(24)9-7-16/h5-11,13,28H,3-4,12,14H2,1-2H3,(H,25,27). The molecular weight excluding hydrogens is 385 g/mol. The number of nitrogens with one attached hydrogen (secondary N) is 1. The summed E-state index contributed by atoms with van der Waals surface area (Å²) in [6, 6.07) is 12.7. The highest BCUT2D eigenvalue weighted by Gasteiger charge is 2.31. The number of aromatic nitrogens is 2. The van der Waals surface area contributed by atoms with Gasteiger partial charge in [-0.2, -0.15) is 0 Å². The largest absolute Gasteiger partial charge is 0.489 e. The highest BCUT2D eigenvalue weighted by atomic mass is 19.1. The fraction of sp³-hybridized carbons (Fsp3) is 0.304. The number of halogens is 1. The molecule has 3 aromatic rings. The van der Waals surface area contributed by atoms with Crippen LogP contribution in [0.15, 0.2) is 53.0 Å². The maximum Gasteiger partial charge on any atom is 0.315 e. The molecule has 1 aliphatic rings. The first-order valence-electron chi connectivity index (χ1n) is 10.0. The Morgan fingerprint density at radius 1 is 1.10 bits per heavy atom. The van der Waals surface area contributed by atoms with Gasteiger partial charge in [0.05, 0.1) is 0 Å². The van der Waals surface area contributed by atoms with E-state index >= 15 is 0 Å². The molecule has 0 bridgehead atoms. The lowest BCUT2D eigenvalue weighted by atomic mass is 9.94. The summed E-state index contributed by atoms with van der Waals surface area (Å²) in [4.78, 5) is 0. The summed E-state index contributed by atoms with van der Waals surface area (Å²) >= 11 is 0. The topological polar surface area (TPSA) is 80.4 Å². The lowest BCUT2D eigenvalue weighted by molar-refractivity contribution is 0.00206. The molecule has 1 aliphatic heterocycles. The molecule has 4 rings (SSSR count). The second-order valence-electron chi connectivity index (χ2n) is 7.27. The van der Waals surface area contributed by atoms with Crippen LogP contribution in [0.4, 0.5) is 10.4 Å². The average Bonchev–Trinajstić information content (AvgIpc) is 3.27. The molecule has 6 nitrogen and oxygen atoms in total. The molecule has 0 spiro atoms. The van der Waals surface area contributed by atoms with Gasteiger partial charge in [-0.1, -0.05) is 43.2 Å². The predicted molar refractivity (Wildman–Crippen MR) is 112 cm³/mol. The first-order chi connectivity index (χ1) is 14.5. The van der Waals surface area contributed by atoms with Crippen molar-refractivity contribution in [2.24, 2.45) is 0 Å². The predicted octanol–water partition coefficient (Wildman–Crippen LogP) is 4.65. The highest BCUT2D eigenvalue weighted by molar-refractivity contribution is 5.84. The first-order valence-corrected chi connectivity index (χ1v) is 10.0. The van der Waals surface area contributed by atoms with Gasteiger partial charge in [-0.05, 0) is 53.8 Å². The molecule has 0 saturated carbocycles. The lowest BCUT2D eigenvalue weighted by Gasteiger charge is -2.20. The van der Waals surface area contributed by atoms with Crippen LogP contribution in [-0.4, -0.2) is 21.9 Å². The number of hydrogen-bond donors (Lipinski definition) is 2. The summed E-state index contributed by atoms with van der Waals surface area (Å²) in [7, 11) is 0. The van der Waals surface area contributed by atoms with Crippen LogP contribution in [0.25, 0.3) is 5.57 Å². The molecular formula is C23H24FN3O3. The molecule has 0 amide bonds. The second-order valence-corrected chi connectivity index (χ2v) is 7.27. The number of aliphatic hydroxyl groups is 1. The van der Waals surface area contributed by atoms with Gasteiger partial charge in [0.25, 0.3) is 0 Å². The fourth-order valence-electron chi connectivity index (χ4n) is 3.46. The van der Waals surface area contributed by atoms with Crippen molar-refractivity contribution in [3.8, 4) is 5.75 Å². The number of hydrogen-bond acceptors (Lipinski definition) is 6. The molecule has 156 valence electrons. The molecule has 0 unspecified atom stereocenters. The number of rotatable bonds is 7. The van der Waals surface area contributed by atoms with Gasteiger partial charge < -0.3 is 19.6 Å². The Morgan fingerprint density at radius 3 is 2.60 bits per heavy atom. The number of fused-ring (bicyclic) bond motifs is 1. The average molecular weight is 409 g/mol. The Morgan fingerprint density at radius 2 is 1.87 bits per heavy atom. The third-order valence-electron chi connectivity index (χ3n) is 5.45. The van der Waals surface area contributed by atoms with E-state index in [-0.39, 0.29) is 17.7 Å². The zero-order chi connectivity index (χ0) is 21.1. The van der Waals surface area contributed by atoms with E-state index in [0.29, 0.717) is 26.0 Å². The van der Waals surface area contributed by atoms with E-state index in [1.165, 1.54) is 12.1 Å². The van der Waals surface area contributed by atoms with Gasteiger partial charge >= 0.3 is 6.01 Å². The van der Waals surface area contributed by atoms with Crippen molar-refractivity contribution in [2.45, 2.75) is 38.8 Å². The first kappa shape index (κ1) is 20.1. The smallest absolute Gasteiger partial charge is 0.315 e. The molecule has 0 atom stereocenters. The minimum Gasteiger partial charge on any atom is -0.489 e. The molecule has 0 fully saturated rings. The Hall–Kier alpha value is -3.19. The van der Waals surface area contributed by atoms with Crippen LogP contribution >= 0.6 is 0 Å². The van der Waals surface area contributed by atoms with Gasteiger partial charge in [0, 0.05) is 12.1 Å². The summed E-state index contributed by atoms with van der Waals surface area (Å²) in [5.74, 6) is 0.736. The third-order valence-corrected chi connectivity index (χ3v) is 5.45. The summed E-state index contributed by atoms with van der Waals surface area (Å²) in [6.07, 6.45) is 2.99. The Labute approximate surface area is 174 Å². The quantitative estimate of drug-likeness (QED) is 0.591. The zero-order valence-electron chi connectivity index (χ0n) is 17.0. The number of anilines is 1. The molecule has 30 heavy (non-hydrogen) atoms.